The van der Waals surface area contributed by atoms with Gasteiger partial charge in [-0.1, -0.05) is 19.8 Å². The van der Waals surface area contributed by atoms with E-state index >= 15 is 0 Å². The van der Waals surface area contributed by atoms with Crippen LogP contribution in [0, 0.1) is 0 Å². The molecule has 0 unspecified atom stereocenters. The number of nitrogens with zero attached hydrogens (tertiary/aromatic N) is 8. The van der Waals surface area contributed by atoms with Crippen LogP contribution in [-0.2, 0) is 0 Å². The number of fused-ring (bicyclic) bond motifs is 3. The van der Waals surface area contributed by atoms with E-state index in [1.807, 2.05) is 43.5 Å². The van der Waals surface area contributed by atoms with Gasteiger partial charge in [0, 0.05) is 31.9 Å². The maximum absolute atomic E-state index is 5.08. The molecular weight excluding hydrogens is 364 g/mol. The molecule has 8 heteroatoms. The first kappa shape index (κ1) is 18.0. The molecule has 8 nitrogen and oxygen atoms in total. The second-order valence-corrected chi connectivity index (χ2v) is 8.03. The Labute approximate surface area is 170 Å². The Kier molecular flexibility index (Phi) is 4.41. The van der Waals surface area contributed by atoms with E-state index in [1.165, 1.54) is 25.7 Å². The average molecular weight is 390 g/mol. The molecule has 2 aliphatic rings. The molecule has 1 atom stereocenters. The summed E-state index contributed by atoms with van der Waals surface area (Å²) in [4.78, 5) is 18.7. The van der Waals surface area contributed by atoms with Gasteiger partial charge in [0.2, 0.25) is 0 Å². The van der Waals surface area contributed by atoms with Crippen molar-refractivity contribution in [3.05, 3.63) is 36.7 Å². The van der Waals surface area contributed by atoms with Crippen LogP contribution in [0.5, 0.6) is 0 Å². The Bertz CT molecular complexity index is 1020. The Morgan fingerprint density at radius 3 is 2.76 bits per heavy atom. The second kappa shape index (κ2) is 7.09. The third-order valence-corrected chi connectivity index (χ3v) is 6.03. The molecule has 0 bridgehead atoms. The molecule has 3 aromatic heterocycles. The zero-order valence-corrected chi connectivity index (χ0v) is 17.2. The summed E-state index contributed by atoms with van der Waals surface area (Å²) in [7, 11) is 3.97. The highest BCUT2D eigenvalue weighted by Crippen LogP contribution is 2.42. The maximum atomic E-state index is 5.08. The molecule has 1 aliphatic heterocycles. The van der Waals surface area contributed by atoms with Crippen LogP contribution in [0.15, 0.2) is 30.9 Å². The fourth-order valence-electron chi connectivity index (χ4n) is 4.59. The van der Waals surface area contributed by atoms with Crippen LogP contribution in [0.3, 0.4) is 0 Å². The van der Waals surface area contributed by atoms with E-state index in [0.717, 1.165) is 41.0 Å². The highest BCUT2D eigenvalue weighted by Gasteiger charge is 2.38. The molecule has 1 aliphatic carbocycles. The van der Waals surface area contributed by atoms with Gasteiger partial charge in [0.05, 0.1) is 12.2 Å². The maximum Gasteiger partial charge on any atom is 0.161 e. The number of pyridine rings is 1. The summed E-state index contributed by atoms with van der Waals surface area (Å²) < 4.78 is 2.05. The Morgan fingerprint density at radius 2 is 2.00 bits per heavy atom. The number of rotatable bonds is 4. The van der Waals surface area contributed by atoms with Gasteiger partial charge in [0.25, 0.3) is 0 Å². The average Bonchev–Trinajstić information content (AvgIpc) is 3.44. The lowest BCUT2D eigenvalue weighted by atomic mass is 10.0. The van der Waals surface area contributed by atoms with Crippen LogP contribution < -0.4 is 9.80 Å². The minimum absolute atomic E-state index is 0.186. The summed E-state index contributed by atoms with van der Waals surface area (Å²) in [6.45, 7) is 2.21. The van der Waals surface area contributed by atoms with Crippen molar-refractivity contribution in [2.24, 2.45) is 0 Å². The molecule has 0 N–H and O–H groups in total. The highest BCUT2D eigenvalue weighted by molar-refractivity contribution is 5.67. The SMILES string of the molecule is CC[C@@H]1c2nncn2-c2cnc(-c3ccnc(N(C)C)c3)nc2N1C1CCCC1. The monoisotopic (exact) mass is 390 g/mol. The number of hydrogen-bond donors (Lipinski definition) is 0. The van der Waals surface area contributed by atoms with Crippen molar-refractivity contribution in [2.75, 3.05) is 23.9 Å². The van der Waals surface area contributed by atoms with E-state index in [2.05, 4.69) is 31.6 Å². The van der Waals surface area contributed by atoms with Gasteiger partial charge in [-0.05, 0) is 31.4 Å². The Hall–Kier alpha value is -3.03. The third-order valence-electron chi connectivity index (χ3n) is 6.03. The van der Waals surface area contributed by atoms with E-state index in [-0.39, 0.29) is 6.04 Å². The summed E-state index contributed by atoms with van der Waals surface area (Å²) in [5.41, 5.74) is 1.94. The minimum atomic E-state index is 0.186. The molecule has 4 heterocycles. The molecule has 0 spiro atoms. The predicted octanol–water partition coefficient (Wildman–Crippen LogP) is 3.40. The van der Waals surface area contributed by atoms with Gasteiger partial charge >= 0.3 is 0 Å². The van der Waals surface area contributed by atoms with E-state index < -0.39 is 0 Å². The fraction of sp³-hybridized carbons (Fsp3) is 0.476. The normalized spacial score (nSPS) is 18.6. The molecular formula is C21H26N8. The van der Waals surface area contributed by atoms with Crippen molar-refractivity contribution >= 4 is 11.6 Å². The van der Waals surface area contributed by atoms with Crippen molar-refractivity contribution in [2.45, 2.75) is 51.1 Å². The lowest BCUT2D eigenvalue weighted by Crippen LogP contribution is -2.42. The third kappa shape index (κ3) is 2.94. The van der Waals surface area contributed by atoms with E-state index in [0.29, 0.717) is 6.04 Å². The van der Waals surface area contributed by atoms with E-state index in [1.54, 1.807) is 6.33 Å². The molecule has 0 amide bonds. The minimum Gasteiger partial charge on any atom is -0.363 e. The molecule has 0 saturated heterocycles. The van der Waals surface area contributed by atoms with Gasteiger partial charge in [-0.2, -0.15) is 0 Å². The van der Waals surface area contributed by atoms with E-state index in [4.69, 9.17) is 9.97 Å². The van der Waals surface area contributed by atoms with Crippen molar-refractivity contribution in [1.82, 2.24) is 29.7 Å². The largest absolute Gasteiger partial charge is 0.363 e. The van der Waals surface area contributed by atoms with Gasteiger partial charge < -0.3 is 9.80 Å². The van der Waals surface area contributed by atoms with Crippen LogP contribution >= 0.6 is 0 Å². The van der Waals surface area contributed by atoms with Gasteiger partial charge in [-0.15, -0.1) is 10.2 Å². The van der Waals surface area contributed by atoms with Crippen LogP contribution in [0.1, 0.15) is 50.9 Å². The van der Waals surface area contributed by atoms with Crippen molar-refractivity contribution in [3.8, 4) is 17.1 Å². The fourth-order valence-corrected chi connectivity index (χ4v) is 4.59. The van der Waals surface area contributed by atoms with Crippen molar-refractivity contribution < 1.29 is 0 Å². The Balaban J connectivity index is 1.66. The summed E-state index contributed by atoms with van der Waals surface area (Å²) >= 11 is 0. The summed E-state index contributed by atoms with van der Waals surface area (Å²) in [5, 5.41) is 8.63. The molecule has 1 fully saturated rings. The van der Waals surface area contributed by atoms with Gasteiger partial charge in [-0.25, -0.2) is 15.0 Å². The van der Waals surface area contributed by atoms with Crippen LogP contribution in [0.2, 0.25) is 0 Å². The second-order valence-electron chi connectivity index (χ2n) is 8.03. The standard InChI is InChI=1S/C21H26N8/c1-4-16-21-26-24-13-28(21)17-12-23-19(14-9-10-22-18(11-14)27(2)3)25-20(17)29(16)15-7-5-6-8-15/h9-13,15-16H,4-8H2,1-3H3/t16-/m1/s1. The molecule has 3 aromatic rings. The van der Waals surface area contributed by atoms with Gasteiger partial charge in [0.15, 0.2) is 17.5 Å². The first-order chi connectivity index (χ1) is 14.2. The Morgan fingerprint density at radius 1 is 1.17 bits per heavy atom. The lowest BCUT2D eigenvalue weighted by Gasteiger charge is -2.40. The molecule has 150 valence electrons. The van der Waals surface area contributed by atoms with Crippen LogP contribution in [0.4, 0.5) is 11.6 Å². The highest BCUT2D eigenvalue weighted by atomic mass is 15.4. The number of aromatic nitrogens is 6. The van der Waals surface area contributed by atoms with Crippen LogP contribution in [-0.4, -0.2) is 49.9 Å². The van der Waals surface area contributed by atoms with Crippen LogP contribution in [0.25, 0.3) is 17.1 Å². The molecule has 0 aromatic carbocycles. The zero-order chi connectivity index (χ0) is 20.0. The molecule has 0 radical (unpaired) electrons. The zero-order valence-electron chi connectivity index (χ0n) is 17.2. The first-order valence-corrected chi connectivity index (χ1v) is 10.4. The predicted molar refractivity (Wildman–Crippen MR) is 112 cm³/mol. The summed E-state index contributed by atoms with van der Waals surface area (Å²) in [6, 6.07) is 4.68. The molecule has 29 heavy (non-hydrogen) atoms. The van der Waals surface area contributed by atoms with E-state index in [9.17, 15) is 0 Å². The number of hydrogen-bond acceptors (Lipinski definition) is 7. The van der Waals surface area contributed by atoms with Gasteiger partial charge in [0.1, 0.15) is 17.8 Å². The first-order valence-electron chi connectivity index (χ1n) is 10.4. The lowest BCUT2D eigenvalue weighted by molar-refractivity contribution is 0.469. The number of anilines is 2. The van der Waals surface area contributed by atoms with Gasteiger partial charge in [-0.3, -0.25) is 4.57 Å². The van der Waals surface area contributed by atoms with Crippen molar-refractivity contribution in [3.63, 3.8) is 0 Å². The summed E-state index contributed by atoms with van der Waals surface area (Å²) in [5.74, 6) is 3.60. The molecule has 1 saturated carbocycles. The molecule has 5 rings (SSSR count). The van der Waals surface area contributed by atoms with Crippen molar-refractivity contribution in [1.29, 1.82) is 0 Å². The quantitative estimate of drug-likeness (QED) is 0.676. The smallest absolute Gasteiger partial charge is 0.161 e. The summed E-state index contributed by atoms with van der Waals surface area (Å²) in [6.07, 6.45) is 11.4. The topological polar surface area (TPSA) is 75.9 Å².